The summed E-state index contributed by atoms with van der Waals surface area (Å²) in [5, 5.41) is 0. The zero-order valence-corrected chi connectivity index (χ0v) is 12.7. The summed E-state index contributed by atoms with van der Waals surface area (Å²) in [7, 11) is 0. The number of carbonyl (C=O) groups excluding carboxylic acids is 3. The van der Waals surface area contributed by atoms with Gasteiger partial charge in [-0.25, -0.2) is 0 Å². The molecule has 0 aliphatic carbocycles. The Morgan fingerprint density at radius 3 is 2.59 bits per heavy atom. The second kappa shape index (κ2) is 5.21. The lowest BCUT2D eigenvalue weighted by Crippen LogP contribution is -2.49. The van der Waals surface area contributed by atoms with Gasteiger partial charge in [0.15, 0.2) is 0 Å². The van der Waals surface area contributed by atoms with Crippen molar-refractivity contribution in [1.82, 2.24) is 9.80 Å². The highest BCUT2D eigenvalue weighted by Gasteiger charge is 2.42. The van der Waals surface area contributed by atoms with Gasteiger partial charge < -0.3 is 10.6 Å². The molecule has 1 aromatic rings. The number of imide groups is 1. The van der Waals surface area contributed by atoms with Gasteiger partial charge in [-0.1, -0.05) is 11.6 Å². The Kier molecular flexibility index (Phi) is 3.48. The summed E-state index contributed by atoms with van der Waals surface area (Å²) < 4.78 is 0. The van der Waals surface area contributed by atoms with E-state index in [2.05, 4.69) is 0 Å². The summed E-state index contributed by atoms with van der Waals surface area (Å²) in [6.45, 7) is 4.51. The molecule has 2 heterocycles. The number of carbonyl (C=O) groups is 3. The van der Waals surface area contributed by atoms with Gasteiger partial charge in [-0.2, -0.15) is 0 Å². The maximum Gasteiger partial charge on any atom is 0.262 e. The molecule has 6 nitrogen and oxygen atoms in total. The number of nitrogens with two attached hydrogens (primary N) is 1. The molecule has 2 atom stereocenters. The molecule has 2 aliphatic heterocycles. The fourth-order valence-corrected chi connectivity index (χ4v) is 3.09. The van der Waals surface area contributed by atoms with Crippen molar-refractivity contribution in [2.45, 2.75) is 32.4 Å². The van der Waals surface area contributed by atoms with Gasteiger partial charge in [0, 0.05) is 19.1 Å². The molecule has 1 unspecified atom stereocenters. The first-order valence-electron chi connectivity index (χ1n) is 7.43. The Morgan fingerprint density at radius 1 is 1.27 bits per heavy atom. The van der Waals surface area contributed by atoms with Crippen LogP contribution in [0.2, 0.25) is 0 Å². The Hall–Kier alpha value is -2.21. The van der Waals surface area contributed by atoms with Crippen molar-refractivity contribution < 1.29 is 14.4 Å². The number of hydrogen-bond acceptors (Lipinski definition) is 4. The second-order valence-electron chi connectivity index (χ2n) is 6.04. The van der Waals surface area contributed by atoms with Gasteiger partial charge in [0.2, 0.25) is 5.91 Å². The van der Waals surface area contributed by atoms with E-state index in [0.29, 0.717) is 24.2 Å². The average Bonchev–Trinajstić information content (AvgIpc) is 3.01. The molecular formula is C16H19N3O3. The number of aryl methyl sites for hydroxylation is 1. The number of likely N-dealkylation sites (tertiary alicyclic amines) is 1. The molecule has 0 saturated carbocycles. The van der Waals surface area contributed by atoms with E-state index in [1.165, 1.54) is 0 Å². The molecular weight excluding hydrogens is 282 g/mol. The highest BCUT2D eigenvalue weighted by molar-refractivity contribution is 6.22. The van der Waals surface area contributed by atoms with Crippen LogP contribution >= 0.6 is 0 Å². The van der Waals surface area contributed by atoms with Gasteiger partial charge in [0.1, 0.15) is 6.04 Å². The SMILES string of the molecule is Cc1ccc2c(c1)C(=O)N(C(C)C(=O)N1CC[C@@H](N)C1)C2=O. The second-order valence-corrected chi connectivity index (χ2v) is 6.04. The van der Waals surface area contributed by atoms with Gasteiger partial charge in [-0.3, -0.25) is 19.3 Å². The van der Waals surface area contributed by atoms with Crippen LogP contribution in [-0.2, 0) is 4.79 Å². The van der Waals surface area contributed by atoms with Gasteiger partial charge in [-0.15, -0.1) is 0 Å². The number of nitrogens with zero attached hydrogens (tertiary/aromatic N) is 2. The zero-order valence-electron chi connectivity index (χ0n) is 12.7. The fourth-order valence-electron chi connectivity index (χ4n) is 3.09. The van der Waals surface area contributed by atoms with E-state index in [1.807, 2.05) is 6.92 Å². The van der Waals surface area contributed by atoms with E-state index in [4.69, 9.17) is 5.73 Å². The maximum absolute atomic E-state index is 12.5. The summed E-state index contributed by atoms with van der Waals surface area (Å²) in [6, 6.07) is 4.30. The van der Waals surface area contributed by atoms with Crippen molar-refractivity contribution in [3.8, 4) is 0 Å². The molecule has 1 fully saturated rings. The van der Waals surface area contributed by atoms with E-state index in [-0.39, 0.29) is 11.9 Å². The largest absolute Gasteiger partial charge is 0.339 e. The van der Waals surface area contributed by atoms with E-state index < -0.39 is 17.9 Å². The smallest absolute Gasteiger partial charge is 0.262 e. The molecule has 1 aromatic carbocycles. The lowest BCUT2D eigenvalue weighted by molar-refractivity contribution is -0.133. The molecule has 0 bridgehead atoms. The van der Waals surface area contributed by atoms with E-state index >= 15 is 0 Å². The Labute approximate surface area is 128 Å². The fraction of sp³-hybridized carbons (Fsp3) is 0.438. The first-order valence-corrected chi connectivity index (χ1v) is 7.43. The zero-order chi connectivity index (χ0) is 16.0. The van der Waals surface area contributed by atoms with E-state index in [9.17, 15) is 14.4 Å². The van der Waals surface area contributed by atoms with Gasteiger partial charge in [0.05, 0.1) is 11.1 Å². The predicted octanol–water partition coefficient (Wildman–Crippen LogP) is 0.539. The molecule has 3 rings (SSSR count). The van der Waals surface area contributed by atoms with Crippen LogP contribution in [0.1, 0.15) is 39.6 Å². The predicted molar refractivity (Wildman–Crippen MR) is 80.3 cm³/mol. The van der Waals surface area contributed by atoms with Crippen molar-refractivity contribution in [2.75, 3.05) is 13.1 Å². The summed E-state index contributed by atoms with van der Waals surface area (Å²) in [5.74, 6) is -1.02. The average molecular weight is 301 g/mol. The van der Waals surface area contributed by atoms with Crippen molar-refractivity contribution in [3.05, 3.63) is 34.9 Å². The number of rotatable bonds is 2. The molecule has 116 valence electrons. The molecule has 2 N–H and O–H groups in total. The first-order chi connectivity index (χ1) is 10.4. The Morgan fingerprint density at radius 2 is 1.95 bits per heavy atom. The molecule has 2 aliphatic rings. The summed E-state index contributed by atoms with van der Waals surface area (Å²) in [6.07, 6.45) is 0.750. The summed E-state index contributed by atoms with van der Waals surface area (Å²) in [4.78, 5) is 40.2. The molecule has 6 heteroatoms. The summed E-state index contributed by atoms with van der Waals surface area (Å²) in [5.41, 5.74) is 7.47. The molecule has 22 heavy (non-hydrogen) atoms. The van der Waals surface area contributed by atoms with Crippen molar-refractivity contribution >= 4 is 17.7 Å². The standard InChI is InChI=1S/C16H19N3O3/c1-9-3-4-12-13(7-9)16(22)19(15(12)21)10(2)14(20)18-6-5-11(17)8-18/h3-4,7,10-11H,5-6,8,17H2,1-2H3/t10?,11-/m1/s1. The van der Waals surface area contributed by atoms with Crippen LogP contribution in [0.5, 0.6) is 0 Å². The Bertz CT molecular complexity index is 671. The van der Waals surface area contributed by atoms with Crippen LogP contribution in [0.15, 0.2) is 18.2 Å². The van der Waals surface area contributed by atoms with Crippen LogP contribution in [0, 0.1) is 6.92 Å². The number of benzene rings is 1. The maximum atomic E-state index is 12.5. The van der Waals surface area contributed by atoms with Crippen molar-refractivity contribution in [3.63, 3.8) is 0 Å². The lowest BCUT2D eigenvalue weighted by Gasteiger charge is -2.26. The van der Waals surface area contributed by atoms with E-state index in [1.54, 1.807) is 30.0 Å². The van der Waals surface area contributed by atoms with Crippen LogP contribution in [0.4, 0.5) is 0 Å². The number of amides is 3. The Balaban J connectivity index is 1.85. The van der Waals surface area contributed by atoms with Gasteiger partial charge >= 0.3 is 0 Å². The van der Waals surface area contributed by atoms with Crippen molar-refractivity contribution in [2.24, 2.45) is 5.73 Å². The molecule has 0 radical (unpaired) electrons. The van der Waals surface area contributed by atoms with Gasteiger partial charge in [-0.05, 0) is 32.4 Å². The molecule has 0 aromatic heterocycles. The quantitative estimate of drug-likeness (QED) is 0.808. The molecule has 1 saturated heterocycles. The third kappa shape index (κ3) is 2.20. The molecule has 0 spiro atoms. The monoisotopic (exact) mass is 301 g/mol. The number of hydrogen-bond donors (Lipinski definition) is 1. The van der Waals surface area contributed by atoms with Gasteiger partial charge in [0.25, 0.3) is 11.8 Å². The van der Waals surface area contributed by atoms with Crippen LogP contribution < -0.4 is 5.73 Å². The highest BCUT2D eigenvalue weighted by atomic mass is 16.2. The third-order valence-corrected chi connectivity index (χ3v) is 4.35. The third-order valence-electron chi connectivity index (χ3n) is 4.35. The minimum atomic E-state index is -0.807. The van der Waals surface area contributed by atoms with Crippen LogP contribution in [-0.4, -0.2) is 52.7 Å². The minimum absolute atomic E-state index is 0.0269. The highest BCUT2D eigenvalue weighted by Crippen LogP contribution is 2.26. The van der Waals surface area contributed by atoms with Crippen LogP contribution in [0.25, 0.3) is 0 Å². The topological polar surface area (TPSA) is 83.7 Å². The molecule has 3 amide bonds. The minimum Gasteiger partial charge on any atom is -0.339 e. The first kappa shape index (κ1) is 14.7. The van der Waals surface area contributed by atoms with Crippen molar-refractivity contribution in [1.29, 1.82) is 0 Å². The lowest BCUT2D eigenvalue weighted by atomic mass is 10.1. The van der Waals surface area contributed by atoms with Crippen LogP contribution in [0.3, 0.4) is 0 Å². The van der Waals surface area contributed by atoms with E-state index in [0.717, 1.165) is 16.9 Å². The normalized spacial score (nSPS) is 22.2. The summed E-state index contributed by atoms with van der Waals surface area (Å²) >= 11 is 0. The number of fused-ring (bicyclic) bond motifs is 1.